The molecule has 2 saturated carbocycles. The summed E-state index contributed by atoms with van der Waals surface area (Å²) in [5.41, 5.74) is 2.62. The summed E-state index contributed by atoms with van der Waals surface area (Å²) < 4.78 is 2.21. The van der Waals surface area contributed by atoms with Crippen molar-refractivity contribution in [1.29, 1.82) is 0 Å². The lowest BCUT2D eigenvalue weighted by Crippen LogP contribution is -2.54. The lowest BCUT2D eigenvalue weighted by molar-refractivity contribution is 0.169. The second kappa shape index (κ2) is 14.5. The molecule has 0 radical (unpaired) electrons. The van der Waals surface area contributed by atoms with Crippen LogP contribution in [0.2, 0.25) is 0 Å². The molecule has 0 unspecified atom stereocenters. The van der Waals surface area contributed by atoms with Gasteiger partial charge in [0.05, 0.1) is 6.04 Å². The zero-order chi connectivity index (χ0) is 26.2. The summed E-state index contributed by atoms with van der Waals surface area (Å²) in [6.07, 6.45) is 15.2. The van der Waals surface area contributed by atoms with Crippen molar-refractivity contribution < 1.29 is 0 Å². The number of aliphatic imine (C=N–C) groups is 1. The number of thioether (sulfide) groups is 1. The van der Waals surface area contributed by atoms with E-state index in [9.17, 15) is 0 Å². The van der Waals surface area contributed by atoms with E-state index in [1.54, 1.807) is 0 Å². The lowest BCUT2D eigenvalue weighted by atomic mass is 9.95. The van der Waals surface area contributed by atoms with E-state index in [4.69, 9.17) is 9.98 Å². The number of hydrogen-bond donors (Lipinski definition) is 1. The molecule has 2 aromatic rings. The van der Waals surface area contributed by atoms with Gasteiger partial charge in [-0.2, -0.15) is 0 Å². The maximum Gasteiger partial charge on any atom is 0.194 e. The molecule has 0 atom stereocenters. The Hall–Kier alpha value is -1.09. The standard InChI is InChI=1S/C30H41Br2N5S/c31-25-18-23(19-26(32)20-25)22-38-29-24(8-7-13-33-29)21-36-14-16-37(17-15-36)30(34-27-9-3-1-4-10-27)35-28-11-5-2-6-12-28/h7-8,13,18-20,27-28H,1-6,9-12,14-17,21-22H2,(H,34,35). The second-order valence-corrected chi connectivity index (χ2v) is 13.8. The monoisotopic (exact) mass is 661 g/mol. The van der Waals surface area contributed by atoms with Crippen molar-refractivity contribution in [1.82, 2.24) is 20.1 Å². The molecule has 2 aliphatic carbocycles. The molecule has 0 amide bonds. The summed E-state index contributed by atoms with van der Waals surface area (Å²) in [5.74, 6) is 2.10. The molecule has 3 fully saturated rings. The van der Waals surface area contributed by atoms with E-state index < -0.39 is 0 Å². The molecule has 0 spiro atoms. The summed E-state index contributed by atoms with van der Waals surface area (Å²) >= 11 is 9.05. The van der Waals surface area contributed by atoms with Gasteiger partial charge in [0.2, 0.25) is 0 Å². The van der Waals surface area contributed by atoms with E-state index in [0.29, 0.717) is 12.1 Å². The Kier molecular flexibility index (Phi) is 10.9. The second-order valence-electron chi connectivity index (χ2n) is 11.0. The Morgan fingerprint density at radius 3 is 2.32 bits per heavy atom. The zero-order valence-electron chi connectivity index (χ0n) is 22.4. The average molecular weight is 664 g/mol. The maximum atomic E-state index is 5.33. The third kappa shape index (κ3) is 8.45. The number of hydrogen-bond acceptors (Lipinski definition) is 4. The number of nitrogens with one attached hydrogen (secondary N) is 1. The first-order valence-electron chi connectivity index (χ1n) is 14.5. The fraction of sp³-hybridized carbons (Fsp3) is 0.600. The summed E-state index contributed by atoms with van der Waals surface area (Å²) in [7, 11) is 0. The van der Waals surface area contributed by atoms with Crippen LogP contribution in [-0.4, -0.2) is 59.0 Å². The van der Waals surface area contributed by atoms with Gasteiger partial charge in [-0.1, -0.05) is 76.5 Å². The highest BCUT2D eigenvalue weighted by Crippen LogP contribution is 2.29. The number of pyridine rings is 1. The molecule has 1 N–H and O–H groups in total. The van der Waals surface area contributed by atoms with E-state index in [0.717, 1.165) is 52.4 Å². The summed E-state index contributed by atoms with van der Waals surface area (Å²) in [6.45, 7) is 5.17. The minimum atomic E-state index is 0.508. The number of benzene rings is 1. The number of halogens is 2. The summed E-state index contributed by atoms with van der Waals surface area (Å²) in [4.78, 5) is 15.2. The predicted octanol–water partition coefficient (Wildman–Crippen LogP) is 7.63. The number of aromatic nitrogens is 1. The zero-order valence-corrected chi connectivity index (χ0v) is 26.4. The molecule has 1 saturated heterocycles. The molecule has 3 aliphatic rings. The maximum absolute atomic E-state index is 5.33. The molecule has 38 heavy (non-hydrogen) atoms. The molecular weight excluding hydrogens is 622 g/mol. The van der Waals surface area contributed by atoms with Crippen LogP contribution in [-0.2, 0) is 12.3 Å². The van der Waals surface area contributed by atoms with Gasteiger partial charge < -0.3 is 10.2 Å². The number of rotatable bonds is 7. The lowest BCUT2D eigenvalue weighted by Gasteiger charge is -2.39. The topological polar surface area (TPSA) is 43.8 Å². The Labute approximate surface area is 249 Å². The van der Waals surface area contributed by atoms with Gasteiger partial charge in [-0.25, -0.2) is 9.98 Å². The van der Waals surface area contributed by atoms with Crippen LogP contribution in [0.1, 0.15) is 75.3 Å². The van der Waals surface area contributed by atoms with Gasteiger partial charge in [-0.05, 0) is 61.1 Å². The SMILES string of the molecule is Brc1cc(Br)cc(CSc2ncccc2CN2CCN(C(=NC3CCCCC3)NC3CCCCC3)CC2)c1. The highest BCUT2D eigenvalue weighted by atomic mass is 79.9. The molecule has 8 heteroatoms. The van der Waals surface area contributed by atoms with Crippen LogP contribution in [0.5, 0.6) is 0 Å². The van der Waals surface area contributed by atoms with Crippen molar-refractivity contribution in [3.05, 3.63) is 56.6 Å². The quantitative estimate of drug-likeness (QED) is 0.188. The number of piperazine rings is 1. The Balaban J connectivity index is 1.18. The molecule has 2 heterocycles. The van der Waals surface area contributed by atoms with Crippen LogP contribution >= 0.6 is 43.6 Å². The predicted molar refractivity (Wildman–Crippen MR) is 167 cm³/mol. The van der Waals surface area contributed by atoms with Gasteiger partial charge >= 0.3 is 0 Å². The first kappa shape index (κ1) is 28.4. The molecule has 1 aliphatic heterocycles. The van der Waals surface area contributed by atoms with Gasteiger partial charge in [0.25, 0.3) is 0 Å². The van der Waals surface area contributed by atoms with Crippen LogP contribution in [0.4, 0.5) is 0 Å². The fourth-order valence-electron chi connectivity index (χ4n) is 5.90. The minimum Gasteiger partial charge on any atom is -0.353 e. The van der Waals surface area contributed by atoms with Crippen LogP contribution in [0.25, 0.3) is 0 Å². The third-order valence-electron chi connectivity index (χ3n) is 8.03. The molecule has 206 valence electrons. The normalized spacial score (nSPS) is 20.6. The van der Waals surface area contributed by atoms with E-state index in [1.807, 2.05) is 18.0 Å². The van der Waals surface area contributed by atoms with Crippen LogP contribution in [0.15, 0.2) is 55.5 Å². The Bertz CT molecular complexity index is 1040. The molecule has 5 nitrogen and oxygen atoms in total. The third-order valence-corrected chi connectivity index (χ3v) is 10.1. The van der Waals surface area contributed by atoms with Crippen LogP contribution < -0.4 is 5.32 Å². The molecule has 5 rings (SSSR count). The Morgan fingerprint density at radius 2 is 1.61 bits per heavy atom. The molecular formula is C30H41Br2N5S. The van der Waals surface area contributed by atoms with Crippen molar-refractivity contribution in [2.24, 2.45) is 4.99 Å². The number of nitrogens with zero attached hydrogens (tertiary/aromatic N) is 4. The molecule has 1 aromatic heterocycles. The average Bonchev–Trinajstić information content (AvgIpc) is 2.93. The van der Waals surface area contributed by atoms with Crippen LogP contribution in [0.3, 0.4) is 0 Å². The van der Waals surface area contributed by atoms with E-state index in [-0.39, 0.29) is 0 Å². The first-order valence-corrected chi connectivity index (χ1v) is 17.0. The molecule has 1 aromatic carbocycles. The van der Waals surface area contributed by atoms with E-state index >= 15 is 0 Å². The Morgan fingerprint density at radius 1 is 0.921 bits per heavy atom. The highest BCUT2D eigenvalue weighted by Gasteiger charge is 2.25. The molecule has 0 bridgehead atoms. The largest absolute Gasteiger partial charge is 0.353 e. The summed E-state index contributed by atoms with van der Waals surface area (Å²) in [5, 5.41) is 5.07. The van der Waals surface area contributed by atoms with Crippen LogP contribution in [0, 0.1) is 0 Å². The fourth-order valence-corrected chi connectivity index (χ4v) is 8.21. The first-order chi connectivity index (χ1) is 18.6. The van der Waals surface area contributed by atoms with Crippen molar-refractivity contribution >= 4 is 49.6 Å². The van der Waals surface area contributed by atoms with Crippen molar-refractivity contribution in [3.63, 3.8) is 0 Å². The van der Waals surface area contributed by atoms with Crippen molar-refractivity contribution in [3.8, 4) is 0 Å². The van der Waals surface area contributed by atoms with E-state index in [2.05, 4.69) is 77.3 Å². The van der Waals surface area contributed by atoms with Gasteiger partial charge in [0.15, 0.2) is 5.96 Å². The summed E-state index contributed by atoms with van der Waals surface area (Å²) in [6, 6.07) is 11.9. The number of guanidine groups is 1. The smallest absolute Gasteiger partial charge is 0.194 e. The van der Waals surface area contributed by atoms with Gasteiger partial charge in [-0.15, -0.1) is 11.8 Å². The highest BCUT2D eigenvalue weighted by molar-refractivity contribution is 9.11. The van der Waals surface area contributed by atoms with Crippen molar-refractivity contribution in [2.45, 2.75) is 93.6 Å². The van der Waals surface area contributed by atoms with Gasteiger partial charge in [-0.3, -0.25) is 4.90 Å². The van der Waals surface area contributed by atoms with Crippen molar-refractivity contribution in [2.75, 3.05) is 26.2 Å². The minimum absolute atomic E-state index is 0.508. The van der Waals surface area contributed by atoms with Gasteiger partial charge in [0.1, 0.15) is 5.03 Å². The van der Waals surface area contributed by atoms with E-state index in [1.165, 1.54) is 81.3 Å². The van der Waals surface area contributed by atoms with Gasteiger partial charge in [0, 0.05) is 59.7 Å².